The van der Waals surface area contributed by atoms with E-state index in [1.165, 1.54) is 0 Å². The predicted molar refractivity (Wildman–Crippen MR) is 39.9 cm³/mol. The monoisotopic (exact) mass is 129 g/mol. The molecule has 2 heteroatoms. The molecule has 9 heavy (non-hydrogen) atoms. The van der Waals surface area contributed by atoms with Crippen molar-refractivity contribution in [2.75, 3.05) is 7.05 Å². The minimum atomic E-state index is -0.200. The zero-order valence-corrected chi connectivity index (χ0v) is 6.39. The van der Waals surface area contributed by atoms with Crippen LogP contribution in [0.5, 0.6) is 0 Å². The van der Waals surface area contributed by atoms with Crippen molar-refractivity contribution in [1.29, 1.82) is 0 Å². The summed E-state index contributed by atoms with van der Waals surface area (Å²) in [5.41, 5.74) is 1.02. The lowest BCUT2D eigenvalue weighted by Crippen LogP contribution is -2.09. The van der Waals surface area contributed by atoms with Crippen LogP contribution >= 0.6 is 0 Å². The summed E-state index contributed by atoms with van der Waals surface area (Å²) < 4.78 is 0. The first kappa shape index (κ1) is 8.63. The zero-order chi connectivity index (χ0) is 7.28. The molecular weight excluding hydrogens is 114 g/mol. The normalized spacial score (nSPS) is 15.8. The summed E-state index contributed by atoms with van der Waals surface area (Å²) in [4.78, 5) is 3.93. The molecule has 0 fully saturated rings. The maximum absolute atomic E-state index is 9.08. The van der Waals surface area contributed by atoms with Crippen LogP contribution in [0.15, 0.2) is 4.99 Å². The molecule has 2 nitrogen and oxygen atoms in total. The molecule has 0 aromatic carbocycles. The molecule has 0 aliphatic carbocycles. The van der Waals surface area contributed by atoms with Crippen molar-refractivity contribution in [2.24, 2.45) is 4.99 Å². The highest BCUT2D eigenvalue weighted by Crippen LogP contribution is 1.97. The van der Waals surface area contributed by atoms with Gasteiger partial charge in [0.1, 0.15) is 0 Å². The number of hydrogen-bond donors (Lipinski definition) is 1. The number of nitrogens with zero attached hydrogens (tertiary/aromatic N) is 1. The maximum Gasteiger partial charge on any atom is 0.0589 e. The highest BCUT2D eigenvalue weighted by Gasteiger charge is 2.00. The lowest BCUT2D eigenvalue weighted by molar-refractivity contribution is 0.178. The van der Waals surface area contributed by atoms with Gasteiger partial charge in [0.15, 0.2) is 0 Å². The average molecular weight is 129 g/mol. The molecule has 0 spiro atoms. The van der Waals surface area contributed by atoms with Crippen LogP contribution in [0.4, 0.5) is 0 Å². The van der Waals surface area contributed by atoms with Crippen LogP contribution in [0.3, 0.4) is 0 Å². The van der Waals surface area contributed by atoms with Crippen LogP contribution in [0.2, 0.25) is 0 Å². The van der Waals surface area contributed by atoms with Crippen molar-refractivity contribution in [3.8, 4) is 0 Å². The largest absolute Gasteiger partial charge is 0.393 e. The Balaban J connectivity index is 3.47. The van der Waals surface area contributed by atoms with Gasteiger partial charge in [-0.1, -0.05) is 6.92 Å². The van der Waals surface area contributed by atoms with Gasteiger partial charge in [0.2, 0.25) is 0 Å². The van der Waals surface area contributed by atoms with E-state index in [2.05, 4.69) is 4.99 Å². The van der Waals surface area contributed by atoms with E-state index >= 15 is 0 Å². The van der Waals surface area contributed by atoms with E-state index in [0.29, 0.717) is 6.42 Å². The van der Waals surface area contributed by atoms with Crippen molar-refractivity contribution in [1.82, 2.24) is 0 Å². The molecule has 0 bridgehead atoms. The Morgan fingerprint density at radius 3 is 2.56 bits per heavy atom. The predicted octanol–water partition coefficient (Wildman–Crippen LogP) is 1.24. The second-order valence-corrected chi connectivity index (χ2v) is 2.23. The lowest BCUT2D eigenvalue weighted by Gasteiger charge is -2.04. The molecule has 1 unspecified atom stereocenters. The van der Waals surface area contributed by atoms with Gasteiger partial charge in [-0.3, -0.25) is 4.99 Å². The molecule has 0 rings (SSSR count). The smallest absolute Gasteiger partial charge is 0.0589 e. The summed E-state index contributed by atoms with van der Waals surface area (Å²) in [6.07, 6.45) is 1.33. The minimum absolute atomic E-state index is 0.200. The van der Waals surface area contributed by atoms with Crippen LogP contribution in [0, 0.1) is 0 Å². The van der Waals surface area contributed by atoms with E-state index < -0.39 is 0 Å². The van der Waals surface area contributed by atoms with Gasteiger partial charge < -0.3 is 5.11 Å². The summed E-state index contributed by atoms with van der Waals surface area (Å²) in [6, 6.07) is 0. The van der Waals surface area contributed by atoms with Gasteiger partial charge >= 0.3 is 0 Å². The molecular formula is C7H15NO. The first-order valence-electron chi connectivity index (χ1n) is 3.31. The van der Waals surface area contributed by atoms with Crippen LogP contribution in [0.1, 0.15) is 26.7 Å². The fraction of sp³-hybridized carbons (Fsp3) is 0.857. The molecule has 0 aliphatic heterocycles. The molecule has 0 amide bonds. The van der Waals surface area contributed by atoms with Crippen molar-refractivity contribution >= 4 is 5.71 Å². The van der Waals surface area contributed by atoms with Crippen LogP contribution < -0.4 is 0 Å². The highest BCUT2D eigenvalue weighted by molar-refractivity contribution is 5.82. The van der Waals surface area contributed by atoms with Crippen LogP contribution in [0.25, 0.3) is 0 Å². The summed E-state index contributed by atoms with van der Waals surface area (Å²) in [7, 11) is 1.75. The minimum Gasteiger partial charge on any atom is -0.393 e. The molecule has 0 aliphatic rings. The number of aliphatic hydroxyl groups is 1. The van der Waals surface area contributed by atoms with Gasteiger partial charge in [-0.25, -0.2) is 0 Å². The lowest BCUT2D eigenvalue weighted by atomic mass is 10.1. The molecule has 0 saturated carbocycles. The van der Waals surface area contributed by atoms with Crippen molar-refractivity contribution in [2.45, 2.75) is 32.8 Å². The van der Waals surface area contributed by atoms with Crippen molar-refractivity contribution in [3.05, 3.63) is 0 Å². The van der Waals surface area contributed by atoms with Gasteiger partial charge in [0.05, 0.1) is 6.10 Å². The maximum atomic E-state index is 9.08. The summed E-state index contributed by atoms with van der Waals surface area (Å²) >= 11 is 0. The third kappa shape index (κ3) is 4.15. The fourth-order valence-corrected chi connectivity index (χ4v) is 0.577. The Bertz CT molecular complexity index is 99.1. The molecule has 1 N–H and O–H groups in total. The standard InChI is InChI=1S/C7H15NO/c1-4-7(9)5-6(2)8-3/h7,9H,4-5H2,1-3H3. The molecule has 0 saturated heterocycles. The zero-order valence-electron chi connectivity index (χ0n) is 6.39. The number of aliphatic imine (C=N–C) groups is 1. The number of aliphatic hydroxyl groups excluding tert-OH is 1. The SMILES string of the molecule is CCC(O)CC(C)=NC. The van der Waals surface area contributed by atoms with E-state index in [1.54, 1.807) is 7.05 Å². The second-order valence-electron chi connectivity index (χ2n) is 2.23. The van der Waals surface area contributed by atoms with E-state index in [1.807, 2.05) is 13.8 Å². The molecule has 1 atom stereocenters. The summed E-state index contributed by atoms with van der Waals surface area (Å²) in [6.45, 7) is 3.90. The quantitative estimate of drug-likeness (QED) is 0.571. The molecule has 0 aromatic heterocycles. The van der Waals surface area contributed by atoms with E-state index in [0.717, 1.165) is 12.1 Å². The Kier molecular flexibility index (Phi) is 4.32. The third-order valence-corrected chi connectivity index (χ3v) is 1.38. The third-order valence-electron chi connectivity index (χ3n) is 1.38. The first-order valence-corrected chi connectivity index (χ1v) is 3.31. The summed E-state index contributed by atoms with van der Waals surface area (Å²) in [5, 5.41) is 9.08. The van der Waals surface area contributed by atoms with E-state index in [9.17, 15) is 0 Å². The first-order chi connectivity index (χ1) is 4.20. The van der Waals surface area contributed by atoms with Crippen molar-refractivity contribution < 1.29 is 5.11 Å². The highest BCUT2D eigenvalue weighted by atomic mass is 16.3. The Labute approximate surface area is 56.6 Å². The number of hydrogen-bond acceptors (Lipinski definition) is 2. The van der Waals surface area contributed by atoms with Gasteiger partial charge in [-0.15, -0.1) is 0 Å². The van der Waals surface area contributed by atoms with E-state index in [4.69, 9.17) is 5.11 Å². The van der Waals surface area contributed by atoms with E-state index in [-0.39, 0.29) is 6.10 Å². The second kappa shape index (κ2) is 4.50. The molecule has 0 aromatic rings. The van der Waals surface area contributed by atoms with Crippen molar-refractivity contribution in [3.63, 3.8) is 0 Å². The number of rotatable bonds is 3. The Morgan fingerprint density at radius 1 is 1.67 bits per heavy atom. The van der Waals surface area contributed by atoms with Gasteiger partial charge in [0, 0.05) is 19.2 Å². The van der Waals surface area contributed by atoms with Crippen LogP contribution in [-0.2, 0) is 0 Å². The van der Waals surface area contributed by atoms with Gasteiger partial charge in [-0.2, -0.15) is 0 Å². The molecule has 54 valence electrons. The van der Waals surface area contributed by atoms with Gasteiger partial charge in [0.25, 0.3) is 0 Å². The topological polar surface area (TPSA) is 32.6 Å². The fourth-order valence-electron chi connectivity index (χ4n) is 0.577. The Morgan fingerprint density at radius 2 is 2.22 bits per heavy atom. The molecule has 0 radical (unpaired) electrons. The van der Waals surface area contributed by atoms with Crippen LogP contribution in [-0.4, -0.2) is 24.0 Å². The average Bonchev–Trinajstić information content (AvgIpc) is 1.87. The van der Waals surface area contributed by atoms with Gasteiger partial charge in [-0.05, 0) is 13.3 Å². The molecule has 0 heterocycles. The Hall–Kier alpha value is -0.370. The summed E-state index contributed by atoms with van der Waals surface area (Å²) in [5.74, 6) is 0.